The lowest BCUT2D eigenvalue weighted by atomic mass is 9.91. The summed E-state index contributed by atoms with van der Waals surface area (Å²) in [6, 6.07) is -0.270. The fraction of sp³-hybridized carbons (Fsp3) is 0.857. The minimum Gasteiger partial charge on any atom is -0.479 e. The number of aliphatic carboxylic acids is 1. The van der Waals surface area contributed by atoms with Gasteiger partial charge in [-0.15, -0.1) is 0 Å². The van der Waals surface area contributed by atoms with Crippen LogP contribution in [0.3, 0.4) is 0 Å². The number of carbonyl (C=O) groups is 2. The van der Waals surface area contributed by atoms with E-state index >= 15 is 0 Å². The zero-order chi connectivity index (χ0) is 15.5. The highest BCUT2D eigenvalue weighted by atomic mass is 16.4. The van der Waals surface area contributed by atoms with Crippen LogP contribution in [0, 0.1) is 0 Å². The van der Waals surface area contributed by atoms with Gasteiger partial charge >= 0.3 is 12.0 Å². The molecule has 21 heavy (non-hydrogen) atoms. The van der Waals surface area contributed by atoms with Crippen molar-refractivity contribution in [2.45, 2.75) is 38.1 Å². The zero-order valence-corrected chi connectivity index (χ0v) is 13.0. The smallest absolute Gasteiger partial charge is 0.332 e. The molecule has 0 aromatic rings. The van der Waals surface area contributed by atoms with Crippen molar-refractivity contribution >= 4 is 12.0 Å². The molecule has 0 aliphatic carbocycles. The van der Waals surface area contributed by atoms with Crippen LogP contribution in [-0.4, -0.2) is 77.2 Å². The van der Waals surface area contributed by atoms with Crippen LogP contribution in [-0.2, 0) is 4.79 Å². The van der Waals surface area contributed by atoms with Crippen molar-refractivity contribution in [2.24, 2.45) is 0 Å². The van der Waals surface area contributed by atoms with Gasteiger partial charge in [-0.2, -0.15) is 0 Å². The molecular weight excluding hydrogens is 272 g/mol. The van der Waals surface area contributed by atoms with Gasteiger partial charge in [0.1, 0.15) is 5.54 Å². The predicted molar refractivity (Wildman–Crippen MR) is 78.8 cm³/mol. The summed E-state index contributed by atoms with van der Waals surface area (Å²) < 4.78 is 0. The number of hydrogen-bond donors (Lipinski definition) is 2. The third kappa shape index (κ3) is 3.29. The van der Waals surface area contributed by atoms with E-state index in [2.05, 4.69) is 17.4 Å². The number of nitrogens with one attached hydrogen (secondary N) is 1. The molecular formula is C14H26N4O3. The number of hydrazine groups is 1. The molecule has 120 valence electrons. The van der Waals surface area contributed by atoms with Crippen LogP contribution in [0.2, 0.25) is 0 Å². The average Bonchev–Trinajstić information content (AvgIpc) is 2.87. The number of carboxylic acid groups (broad SMARTS) is 1. The number of nitrogens with zero attached hydrogens (tertiary/aromatic N) is 3. The zero-order valence-electron chi connectivity index (χ0n) is 13.0. The highest BCUT2D eigenvalue weighted by Crippen LogP contribution is 2.34. The molecule has 2 saturated heterocycles. The molecule has 0 saturated carbocycles. The van der Waals surface area contributed by atoms with Crippen molar-refractivity contribution in [3.05, 3.63) is 0 Å². The molecule has 2 rings (SSSR count). The Morgan fingerprint density at radius 3 is 2.43 bits per heavy atom. The van der Waals surface area contributed by atoms with Crippen molar-refractivity contribution < 1.29 is 14.7 Å². The molecule has 0 aromatic carbocycles. The summed E-state index contributed by atoms with van der Waals surface area (Å²) >= 11 is 0. The minimum atomic E-state index is -1.02. The molecule has 0 radical (unpaired) electrons. The van der Waals surface area contributed by atoms with Gasteiger partial charge in [-0.05, 0) is 26.3 Å². The largest absolute Gasteiger partial charge is 0.479 e. The van der Waals surface area contributed by atoms with E-state index in [0.717, 1.165) is 39.0 Å². The van der Waals surface area contributed by atoms with Gasteiger partial charge < -0.3 is 14.9 Å². The number of carboxylic acids is 1. The SMILES string of the molecule is CCCC1(C(=O)O)CCCN1C(=O)NN1CCN(C)CC1. The van der Waals surface area contributed by atoms with E-state index in [-0.39, 0.29) is 6.03 Å². The van der Waals surface area contributed by atoms with Crippen LogP contribution in [0.15, 0.2) is 0 Å². The predicted octanol–water partition coefficient (Wildman–Crippen LogP) is 0.578. The Bertz CT molecular complexity index is 396. The summed E-state index contributed by atoms with van der Waals surface area (Å²) in [5.41, 5.74) is 1.86. The summed E-state index contributed by atoms with van der Waals surface area (Å²) in [6.07, 6.45) is 2.57. The number of hydrogen-bond acceptors (Lipinski definition) is 4. The number of piperazine rings is 1. The Hall–Kier alpha value is -1.34. The van der Waals surface area contributed by atoms with Crippen LogP contribution in [0.4, 0.5) is 4.79 Å². The first-order chi connectivity index (χ1) is 9.99. The van der Waals surface area contributed by atoms with Crippen LogP contribution < -0.4 is 5.43 Å². The van der Waals surface area contributed by atoms with Gasteiger partial charge in [0.2, 0.25) is 0 Å². The third-order valence-corrected chi connectivity index (χ3v) is 4.55. The van der Waals surface area contributed by atoms with E-state index in [0.29, 0.717) is 19.4 Å². The number of likely N-dealkylation sites (tertiary alicyclic amines) is 1. The highest BCUT2D eigenvalue weighted by molar-refractivity contribution is 5.86. The molecule has 2 aliphatic heterocycles. The fourth-order valence-electron chi connectivity index (χ4n) is 3.29. The van der Waals surface area contributed by atoms with E-state index in [1.165, 1.54) is 4.90 Å². The van der Waals surface area contributed by atoms with Gasteiger partial charge in [0, 0.05) is 32.7 Å². The van der Waals surface area contributed by atoms with Crippen molar-refractivity contribution in [2.75, 3.05) is 39.8 Å². The van der Waals surface area contributed by atoms with Gasteiger partial charge in [0.25, 0.3) is 0 Å². The third-order valence-electron chi connectivity index (χ3n) is 4.55. The number of amides is 2. The molecule has 2 fully saturated rings. The number of urea groups is 1. The van der Waals surface area contributed by atoms with E-state index in [4.69, 9.17) is 0 Å². The first kappa shape index (κ1) is 16.0. The molecule has 0 spiro atoms. The molecule has 7 nitrogen and oxygen atoms in total. The molecule has 0 aromatic heterocycles. The lowest BCUT2D eigenvalue weighted by Crippen LogP contribution is -2.60. The summed E-state index contributed by atoms with van der Waals surface area (Å²) in [6.45, 7) is 5.82. The lowest BCUT2D eigenvalue weighted by Gasteiger charge is -2.38. The van der Waals surface area contributed by atoms with E-state index in [1.54, 1.807) is 0 Å². The molecule has 2 N–H and O–H groups in total. The van der Waals surface area contributed by atoms with Crippen LogP contribution in [0.25, 0.3) is 0 Å². The first-order valence-corrected chi connectivity index (χ1v) is 7.75. The fourth-order valence-corrected chi connectivity index (χ4v) is 3.29. The Balaban J connectivity index is 2.01. The van der Waals surface area contributed by atoms with E-state index in [1.807, 2.05) is 11.9 Å². The number of rotatable bonds is 4. The molecule has 2 heterocycles. The van der Waals surface area contributed by atoms with Crippen molar-refractivity contribution in [1.29, 1.82) is 0 Å². The van der Waals surface area contributed by atoms with Crippen molar-refractivity contribution in [3.8, 4) is 0 Å². The van der Waals surface area contributed by atoms with Crippen LogP contribution in [0.1, 0.15) is 32.6 Å². The van der Waals surface area contributed by atoms with E-state index < -0.39 is 11.5 Å². The second-order valence-corrected chi connectivity index (χ2v) is 6.05. The number of carbonyl (C=O) groups excluding carboxylic acids is 1. The average molecular weight is 298 g/mol. The number of likely N-dealkylation sites (N-methyl/N-ethyl adjacent to an activating group) is 1. The summed E-state index contributed by atoms with van der Waals surface area (Å²) in [4.78, 5) is 27.9. The van der Waals surface area contributed by atoms with Crippen LogP contribution >= 0.6 is 0 Å². The second-order valence-electron chi connectivity index (χ2n) is 6.05. The highest BCUT2D eigenvalue weighted by Gasteiger charge is 2.49. The molecule has 7 heteroatoms. The standard InChI is InChI=1S/C14H26N4O3/c1-3-5-14(12(19)20)6-4-7-18(14)13(21)15-17-10-8-16(2)9-11-17/h3-11H2,1-2H3,(H,15,21)(H,19,20). The minimum absolute atomic E-state index is 0.270. The lowest BCUT2D eigenvalue weighted by molar-refractivity contribution is -0.148. The van der Waals surface area contributed by atoms with Gasteiger partial charge in [-0.25, -0.2) is 14.6 Å². The van der Waals surface area contributed by atoms with Gasteiger partial charge in [-0.1, -0.05) is 13.3 Å². The Labute approximate surface area is 125 Å². The normalized spacial score (nSPS) is 27.8. The van der Waals surface area contributed by atoms with Crippen LogP contribution in [0.5, 0.6) is 0 Å². The molecule has 2 amide bonds. The van der Waals surface area contributed by atoms with E-state index in [9.17, 15) is 14.7 Å². The maximum absolute atomic E-state index is 12.5. The van der Waals surface area contributed by atoms with Crippen molar-refractivity contribution in [1.82, 2.24) is 20.2 Å². The topological polar surface area (TPSA) is 76.1 Å². The summed E-state index contributed by atoms with van der Waals surface area (Å²) in [7, 11) is 2.05. The quantitative estimate of drug-likeness (QED) is 0.794. The summed E-state index contributed by atoms with van der Waals surface area (Å²) in [5.74, 6) is -0.879. The Morgan fingerprint density at radius 1 is 1.19 bits per heavy atom. The molecule has 1 atom stereocenters. The van der Waals surface area contributed by atoms with Gasteiger partial charge in [0.15, 0.2) is 0 Å². The second kappa shape index (κ2) is 6.62. The monoisotopic (exact) mass is 298 g/mol. The maximum Gasteiger partial charge on any atom is 0.332 e. The maximum atomic E-state index is 12.5. The first-order valence-electron chi connectivity index (χ1n) is 7.75. The molecule has 1 unspecified atom stereocenters. The Kier molecular flexibility index (Phi) is 5.05. The van der Waals surface area contributed by atoms with Gasteiger partial charge in [-0.3, -0.25) is 5.43 Å². The summed E-state index contributed by atoms with van der Waals surface area (Å²) in [5, 5.41) is 11.5. The Morgan fingerprint density at radius 2 is 1.86 bits per heavy atom. The van der Waals surface area contributed by atoms with Crippen molar-refractivity contribution in [3.63, 3.8) is 0 Å². The van der Waals surface area contributed by atoms with Gasteiger partial charge in [0.05, 0.1) is 0 Å². The molecule has 0 bridgehead atoms. The molecule has 2 aliphatic rings.